The van der Waals surface area contributed by atoms with Crippen molar-refractivity contribution >= 4 is 17.9 Å². The normalized spacial score (nSPS) is 12.1. The lowest BCUT2D eigenvalue weighted by Gasteiger charge is -2.18. The Morgan fingerprint density at radius 1 is 0.299 bits per heavy atom. The van der Waals surface area contributed by atoms with Crippen LogP contribution in [0.3, 0.4) is 0 Å². The molecular formula is C61H114O6. The summed E-state index contributed by atoms with van der Waals surface area (Å²) in [5.41, 5.74) is 0. The Morgan fingerprint density at radius 2 is 0.537 bits per heavy atom. The van der Waals surface area contributed by atoms with Crippen molar-refractivity contribution in [3.8, 4) is 0 Å². The van der Waals surface area contributed by atoms with E-state index in [0.29, 0.717) is 19.3 Å². The van der Waals surface area contributed by atoms with Crippen LogP contribution in [-0.2, 0) is 28.6 Å². The second kappa shape index (κ2) is 56.5. The van der Waals surface area contributed by atoms with Crippen molar-refractivity contribution in [3.63, 3.8) is 0 Å². The standard InChI is InChI=1S/C61H114O6/c1-4-7-10-13-16-19-22-23-24-25-26-27-28-29-30-31-32-33-34-35-36-37-40-42-45-48-51-54-60(63)66-57-58(67-61(64)55-52-49-46-43-39-21-18-15-12-9-6-3)56-65-59(62)53-50-47-44-41-38-20-17-14-11-8-5-2/h22-23,25-26,58H,4-21,24,27-57H2,1-3H3/b23-22-,26-25-. The molecule has 394 valence electrons. The zero-order valence-electron chi connectivity index (χ0n) is 45.2. The third-order valence-electron chi connectivity index (χ3n) is 13.5. The fourth-order valence-electron chi connectivity index (χ4n) is 8.95. The second-order valence-electron chi connectivity index (χ2n) is 20.3. The number of hydrogen-bond donors (Lipinski definition) is 0. The first-order valence-electron chi connectivity index (χ1n) is 29.8. The third kappa shape index (κ3) is 54.7. The van der Waals surface area contributed by atoms with Gasteiger partial charge in [-0.05, 0) is 51.4 Å². The molecule has 0 aromatic rings. The monoisotopic (exact) mass is 943 g/mol. The van der Waals surface area contributed by atoms with Crippen LogP contribution in [0.2, 0.25) is 0 Å². The second-order valence-corrected chi connectivity index (χ2v) is 20.3. The number of hydrogen-bond acceptors (Lipinski definition) is 6. The summed E-state index contributed by atoms with van der Waals surface area (Å²) in [6.45, 7) is 6.66. The maximum absolute atomic E-state index is 12.8. The van der Waals surface area contributed by atoms with Gasteiger partial charge >= 0.3 is 17.9 Å². The van der Waals surface area contributed by atoms with E-state index in [4.69, 9.17) is 14.2 Å². The van der Waals surface area contributed by atoms with Crippen LogP contribution in [0.25, 0.3) is 0 Å². The average Bonchev–Trinajstić information content (AvgIpc) is 3.33. The van der Waals surface area contributed by atoms with E-state index in [9.17, 15) is 14.4 Å². The average molecular weight is 944 g/mol. The fraction of sp³-hybridized carbons (Fsp3) is 0.885. The molecule has 0 aliphatic carbocycles. The smallest absolute Gasteiger partial charge is 0.306 e. The van der Waals surface area contributed by atoms with Crippen molar-refractivity contribution in [2.24, 2.45) is 0 Å². The Hall–Kier alpha value is -2.11. The van der Waals surface area contributed by atoms with Crippen molar-refractivity contribution in [1.82, 2.24) is 0 Å². The van der Waals surface area contributed by atoms with E-state index in [1.807, 2.05) is 0 Å². The van der Waals surface area contributed by atoms with Gasteiger partial charge < -0.3 is 14.2 Å². The molecule has 0 aromatic heterocycles. The first-order valence-corrected chi connectivity index (χ1v) is 29.8. The van der Waals surface area contributed by atoms with Gasteiger partial charge in [-0.15, -0.1) is 0 Å². The van der Waals surface area contributed by atoms with Gasteiger partial charge in [0, 0.05) is 19.3 Å². The number of carbonyl (C=O) groups excluding carboxylic acids is 3. The molecule has 0 bridgehead atoms. The minimum Gasteiger partial charge on any atom is -0.462 e. The van der Waals surface area contributed by atoms with Gasteiger partial charge in [-0.2, -0.15) is 0 Å². The van der Waals surface area contributed by atoms with E-state index >= 15 is 0 Å². The lowest BCUT2D eigenvalue weighted by molar-refractivity contribution is -0.167. The first kappa shape index (κ1) is 64.9. The number of allylic oxidation sites excluding steroid dienone is 4. The molecule has 0 aromatic carbocycles. The van der Waals surface area contributed by atoms with Gasteiger partial charge in [-0.3, -0.25) is 14.4 Å². The Labute approximate surface area is 417 Å². The molecule has 0 spiro atoms. The Balaban J connectivity index is 4.10. The van der Waals surface area contributed by atoms with Gasteiger partial charge in [-0.25, -0.2) is 0 Å². The molecular weight excluding hydrogens is 829 g/mol. The fourth-order valence-corrected chi connectivity index (χ4v) is 8.95. The minimum atomic E-state index is -0.763. The third-order valence-corrected chi connectivity index (χ3v) is 13.5. The van der Waals surface area contributed by atoms with Gasteiger partial charge in [0.25, 0.3) is 0 Å². The number of unbranched alkanes of at least 4 members (excludes halogenated alkanes) is 40. The SMILES string of the molecule is CCCCCCC/C=C\C/C=C\CCCCCCCCCCCCCCCCCC(=O)OCC(COC(=O)CCCCCCCCCCCCC)OC(=O)CCCCCCCCCCCCC. The van der Waals surface area contributed by atoms with Crippen LogP contribution >= 0.6 is 0 Å². The lowest BCUT2D eigenvalue weighted by atomic mass is 10.0. The van der Waals surface area contributed by atoms with E-state index in [2.05, 4.69) is 45.1 Å². The van der Waals surface area contributed by atoms with Gasteiger partial charge in [-0.1, -0.05) is 283 Å². The molecule has 0 saturated heterocycles. The van der Waals surface area contributed by atoms with E-state index in [-0.39, 0.29) is 31.1 Å². The molecule has 0 radical (unpaired) electrons. The number of esters is 3. The zero-order chi connectivity index (χ0) is 48.6. The molecule has 0 aliphatic heterocycles. The van der Waals surface area contributed by atoms with Crippen LogP contribution < -0.4 is 0 Å². The van der Waals surface area contributed by atoms with Crippen molar-refractivity contribution < 1.29 is 28.6 Å². The molecule has 0 amide bonds. The summed E-state index contributed by atoms with van der Waals surface area (Å²) in [5, 5.41) is 0. The molecule has 0 rings (SSSR count). The summed E-state index contributed by atoms with van der Waals surface area (Å²) in [7, 11) is 0. The van der Waals surface area contributed by atoms with E-state index in [1.54, 1.807) is 0 Å². The van der Waals surface area contributed by atoms with Crippen LogP contribution in [0.1, 0.15) is 329 Å². The van der Waals surface area contributed by atoms with Crippen molar-refractivity contribution in [2.75, 3.05) is 13.2 Å². The highest BCUT2D eigenvalue weighted by Crippen LogP contribution is 2.17. The van der Waals surface area contributed by atoms with Crippen LogP contribution in [0, 0.1) is 0 Å². The quantitative estimate of drug-likeness (QED) is 0.0262. The molecule has 0 aliphatic rings. The molecule has 0 heterocycles. The predicted molar refractivity (Wildman–Crippen MR) is 289 cm³/mol. The topological polar surface area (TPSA) is 78.9 Å². The molecule has 0 N–H and O–H groups in total. The first-order chi connectivity index (χ1) is 33.0. The number of rotatable bonds is 55. The summed E-state index contributed by atoms with van der Waals surface area (Å²) < 4.78 is 16.8. The summed E-state index contributed by atoms with van der Waals surface area (Å²) >= 11 is 0. The number of ether oxygens (including phenoxy) is 3. The Bertz CT molecular complexity index is 1080. The van der Waals surface area contributed by atoms with Crippen molar-refractivity contribution in [1.29, 1.82) is 0 Å². The highest BCUT2D eigenvalue weighted by atomic mass is 16.6. The Morgan fingerprint density at radius 3 is 0.821 bits per heavy atom. The van der Waals surface area contributed by atoms with Gasteiger partial charge in [0.05, 0.1) is 0 Å². The minimum absolute atomic E-state index is 0.0650. The predicted octanol–water partition coefficient (Wildman–Crippen LogP) is 19.9. The Kier molecular flexibility index (Phi) is 54.7. The van der Waals surface area contributed by atoms with Gasteiger partial charge in [0.15, 0.2) is 6.10 Å². The molecule has 0 fully saturated rings. The van der Waals surface area contributed by atoms with E-state index in [0.717, 1.165) is 64.2 Å². The number of carbonyl (C=O) groups is 3. The summed E-state index contributed by atoms with van der Waals surface area (Å²) in [4.78, 5) is 38.0. The van der Waals surface area contributed by atoms with Crippen LogP contribution in [0.4, 0.5) is 0 Å². The molecule has 6 nitrogen and oxygen atoms in total. The van der Waals surface area contributed by atoms with Gasteiger partial charge in [0.1, 0.15) is 13.2 Å². The molecule has 1 unspecified atom stereocenters. The highest BCUT2D eigenvalue weighted by Gasteiger charge is 2.19. The molecule has 67 heavy (non-hydrogen) atoms. The van der Waals surface area contributed by atoms with Crippen molar-refractivity contribution in [2.45, 2.75) is 335 Å². The molecule has 1 atom stereocenters. The zero-order valence-corrected chi connectivity index (χ0v) is 45.2. The van der Waals surface area contributed by atoms with Gasteiger partial charge in [0.2, 0.25) is 0 Å². The van der Waals surface area contributed by atoms with E-state index in [1.165, 1.54) is 225 Å². The lowest BCUT2D eigenvalue weighted by Crippen LogP contribution is -2.30. The summed E-state index contributed by atoms with van der Waals surface area (Å²) in [6.07, 6.45) is 66.2. The molecule has 0 saturated carbocycles. The highest BCUT2D eigenvalue weighted by molar-refractivity contribution is 5.71. The molecule has 6 heteroatoms. The summed E-state index contributed by atoms with van der Waals surface area (Å²) in [6, 6.07) is 0. The van der Waals surface area contributed by atoms with E-state index < -0.39 is 6.10 Å². The van der Waals surface area contributed by atoms with Crippen molar-refractivity contribution in [3.05, 3.63) is 24.3 Å². The largest absolute Gasteiger partial charge is 0.462 e. The van der Waals surface area contributed by atoms with Crippen LogP contribution in [-0.4, -0.2) is 37.2 Å². The van der Waals surface area contributed by atoms with Crippen LogP contribution in [0.5, 0.6) is 0 Å². The summed E-state index contributed by atoms with van der Waals surface area (Å²) in [5.74, 6) is -0.847. The maximum Gasteiger partial charge on any atom is 0.306 e. The maximum atomic E-state index is 12.8. The van der Waals surface area contributed by atoms with Crippen LogP contribution in [0.15, 0.2) is 24.3 Å².